The van der Waals surface area contributed by atoms with Gasteiger partial charge in [-0.2, -0.15) is 0 Å². The fourth-order valence-corrected chi connectivity index (χ4v) is 1.47. The first-order valence-corrected chi connectivity index (χ1v) is 5.01. The third-order valence-electron chi connectivity index (χ3n) is 2.35. The number of amides is 1. The van der Waals surface area contributed by atoms with Crippen LogP contribution in [0.25, 0.3) is 0 Å². The maximum absolute atomic E-state index is 11.9. The van der Waals surface area contributed by atoms with Gasteiger partial charge in [-0.1, -0.05) is 37.3 Å². The standard InChI is InChI=1S/C12H15NO2/c1-3-10(12(15)13-2)11(14)9-7-5-4-6-8-9/h4-8,10H,3H2,1-2H3,(H,13,15)/t10-/m0/s1. The predicted molar refractivity (Wildman–Crippen MR) is 58.6 cm³/mol. The molecule has 80 valence electrons. The van der Waals surface area contributed by atoms with Crippen molar-refractivity contribution in [2.75, 3.05) is 7.05 Å². The maximum Gasteiger partial charge on any atom is 0.230 e. The van der Waals surface area contributed by atoms with Crippen LogP contribution in [0.3, 0.4) is 0 Å². The summed E-state index contributed by atoms with van der Waals surface area (Å²) in [6, 6.07) is 8.90. The van der Waals surface area contributed by atoms with Crippen LogP contribution in [0.2, 0.25) is 0 Å². The zero-order valence-corrected chi connectivity index (χ0v) is 8.99. The minimum absolute atomic E-state index is 0.113. The van der Waals surface area contributed by atoms with Crippen molar-refractivity contribution in [1.29, 1.82) is 0 Å². The van der Waals surface area contributed by atoms with E-state index in [0.717, 1.165) is 0 Å². The second-order valence-electron chi connectivity index (χ2n) is 3.31. The Hall–Kier alpha value is -1.64. The Morgan fingerprint density at radius 3 is 2.33 bits per heavy atom. The van der Waals surface area contributed by atoms with Gasteiger partial charge in [0.05, 0.1) is 0 Å². The van der Waals surface area contributed by atoms with Gasteiger partial charge in [-0.25, -0.2) is 0 Å². The smallest absolute Gasteiger partial charge is 0.230 e. The molecule has 0 aliphatic carbocycles. The summed E-state index contributed by atoms with van der Waals surface area (Å²) in [5.41, 5.74) is 0.591. The first-order valence-electron chi connectivity index (χ1n) is 5.01. The number of carbonyl (C=O) groups is 2. The highest BCUT2D eigenvalue weighted by Gasteiger charge is 2.24. The fraction of sp³-hybridized carbons (Fsp3) is 0.333. The van der Waals surface area contributed by atoms with Crippen molar-refractivity contribution in [3.63, 3.8) is 0 Å². The molecule has 0 bridgehead atoms. The highest BCUT2D eigenvalue weighted by Crippen LogP contribution is 2.12. The predicted octanol–water partition coefficient (Wildman–Crippen LogP) is 1.64. The van der Waals surface area contributed by atoms with Crippen molar-refractivity contribution < 1.29 is 9.59 Å². The van der Waals surface area contributed by atoms with Gasteiger partial charge in [-0.05, 0) is 6.42 Å². The van der Waals surface area contributed by atoms with Crippen LogP contribution in [0.4, 0.5) is 0 Å². The first kappa shape index (κ1) is 11.4. The van der Waals surface area contributed by atoms with Crippen molar-refractivity contribution in [2.45, 2.75) is 13.3 Å². The number of ketones is 1. The van der Waals surface area contributed by atoms with E-state index in [1.165, 1.54) is 0 Å². The van der Waals surface area contributed by atoms with Gasteiger partial charge in [0.15, 0.2) is 5.78 Å². The van der Waals surface area contributed by atoms with E-state index >= 15 is 0 Å². The monoisotopic (exact) mass is 205 g/mol. The minimum atomic E-state index is -0.572. The summed E-state index contributed by atoms with van der Waals surface area (Å²) in [6.07, 6.45) is 0.521. The lowest BCUT2D eigenvalue weighted by Gasteiger charge is -2.11. The van der Waals surface area contributed by atoms with Crippen LogP contribution in [0.1, 0.15) is 23.7 Å². The molecule has 0 saturated heterocycles. The third kappa shape index (κ3) is 2.65. The van der Waals surface area contributed by atoms with Crippen LogP contribution in [0.15, 0.2) is 30.3 Å². The molecule has 0 radical (unpaired) electrons. The Bertz CT molecular complexity index is 346. The molecule has 1 rings (SSSR count). The third-order valence-corrected chi connectivity index (χ3v) is 2.35. The molecule has 1 aromatic carbocycles. The zero-order chi connectivity index (χ0) is 11.3. The Balaban J connectivity index is 2.87. The summed E-state index contributed by atoms with van der Waals surface area (Å²) in [5, 5.41) is 2.51. The zero-order valence-electron chi connectivity index (χ0n) is 8.99. The molecule has 3 heteroatoms. The highest BCUT2D eigenvalue weighted by molar-refractivity contribution is 6.09. The molecule has 1 atom stereocenters. The summed E-state index contributed by atoms with van der Waals surface area (Å²) in [7, 11) is 1.54. The largest absolute Gasteiger partial charge is 0.359 e. The van der Waals surface area contributed by atoms with Crippen LogP contribution in [0, 0.1) is 5.92 Å². The number of hydrogen-bond acceptors (Lipinski definition) is 2. The Morgan fingerprint density at radius 2 is 1.87 bits per heavy atom. The summed E-state index contributed by atoms with van der Waals surface area (Å²) in [4.78, 5) is 23.3. The molecule has 15 heavy (non-hydrogen) atoms. The number of carbonyl (C=O) groups excluding carboxylic acids is 2. The van der Waals surface area contributed by atoms with Gasteiger partial charge in [0.1, 0.15) is 5.92 Å². The van der Waals surface area contributed by atoms with Gasteiger partial charge >= 0.3 is 0 Å². The topological polar surface area (TPSA) is 46.2 Å². The molecule has 3 nitrogen and oxygen atoms in total. The number of Topliss-reactive ketones (excluding diaryl/α,β-unsaturated/α-hetero) is 1. The minimum Gasteiger partial charge on any atom is -0.359 e. The van der Waals surface area contributed by atoms with Gasteiger partial charge in [0.25, 0.3) is 0 Å². The van der Waals surface area contributed by atoms with E-state index < -0.39 is 5.92 Å². The number of nitrogens with one attached hydrogen (secondary N) is 1. The fourth-order valence-electron chi connectivity index (χ4n) is 1.47. The van der Waals surface area contributed by atoms with Crippen molar-refractivity contribution in [3.8, 4) is 0 Å². The average Bonchev–Trinajstić information content (AvgIpc) is 2.30. The summed E-state index contributed by atoms with van der Waals surface area (Å²) in [6.45, 7) is 1.83. The SMILES string of the molecule is CC[C@H](C(=O)NC)C(=O)c1ccccc1. The molecule has 0 aromatic heterocycles. The lowest BCUT2D eigenvalue weighted by molar-refractivity contribution is -0.123. The number of hydrogen-bond donors (Lipinski definition) is 1. The molecular formula is C12H15NO2. The van der Waals surface area contributed by atoms with Crippen molar-refractivity contribution >= 4 is 11.7 Å². The normalized spacial score (nSPS) is 11.9. The van der Waals surface area contributed by atoms with Crippen LogP contribution in [-0.2, 0) is 4.79 Å². The van der Waals surface area contributed by atoms with Gasteiger partial charge < -0.3 is 5.32 Å². The van der Waals surface area contributed by atoms with Gasteiger partial charge in [-0.3, -0.25) is 9.59 Å². The van der Waals surface area contributed by atoms with Crippen LogP contribution in [-0.4, -0.2) is 18.7 Å². The van der Waals surface area contributed by atoms with Gasteiger partial charge in [0.2, 0.25) is 5.91 Å². The van der Waals surface area contributed by atoms with Crippen LogP contribution < -0.4 is 5.32 Å². The molecule has 0 unspecified atom stereocenters. The lowest BCUT2D eigenvalue weighted by atomic mass is 9.94. The quantitative estimate of drug-likeness (QED) is 0.600. The Morgan fingerprint density at radius 1 is 1.27 bits per heavy atom. The summed E-state index contributed by atoms with van der Waals surface area (Å²) >= 11 is 0. The van der Waals surface area contributed by atoms with Gasteiger partial charge in [-0.15, -0.1) is 0 Å². The second-order valence-corrected chi connectivity index (χ2v) is 3.31. The summed E-state index contributed by atoms with van der Waals surface area (Å²) in [5.74, 6) is -0.902. The Kier molecular flexibility index (Phi) is 4.03. The van der Waals surface area contributed by atoms with E-state index in [4.69, 9.17) is 0 Å². The average molecular weight is 205 g/mol. The van der Waals surface area contributed by atoms with E-state index in [-0.39, 0.29) is 11.7 Å². The molecule has 1 N–H and O–H groups in total. The van der Waals surface area contributed by atoms with Gasteiger partial charge in [0, 0.05) is 12.6 Å². The van der Waals surface area contributed by atoms with E-state index in [2.05, 4.69) is 5.32 Å². The molecule has 0 saturated carbocycles. The van der Waals surface area contributed by atoms with Crippen molar-refractivity contribution in [2.24, 2.45) is 5.92 Å². The van der Waals surface area contributed by atoms with E-state index in [1.54, 1.807) is 31.3 Å². The molecule has 0 spiro atoms. The van der Waals surface area contributed by atoms with Crippen LogP contribution in [0.5, 0.6) is 0 Å². The maximum atomic E-state index is 11.9. The van der Waals surface area contributed by atoms with Crippen molar-refractivity contribution in [3.05, 3.63) is 35.9 Å². The molecule has 0 aliphatic heterocycles. The lowest BCUT2D eigenvalue weighted by Crippen LogP contribution is -2.32. The van der Waals surface area contributed by atoms with Crippen LogP contribution >= 0.6 is 0 Å². The van der Waals surface area contributed by atoms with E-state index in [9.17, 15) is 9.59 Å². The molecule has 1 aromatic rings. The summed E-state index contributed by atoms with van der Waals surface area (Å²) < 4.78 is 0. The molecular weight excluding hydrogens is 190 g/mol. The molecule has 1 amide bonds. The molecule has 0 aliphatic rings. The van der Waals surface area contributed by atoms with Crippen molar-refractivity contribution in [1.82, 2.24) is 5.32 Å². The molecule has 0 heterocycles. The Labute approximate surface area is 89.5 Å². The highest BCUT2D eigenvalue weighted by atomic mass is 16.2. The van der Waals surface area contributed by atoms with E-state index in [1.807, 2.05) is 13.0 Å². The second kappa shape index (κ2) is 5.29. The number of benzene rings is 1. The first-order chi connectivity index (χ1) is 7.20. The molecule has 0 fully saturated rings. The van der Waals surface area contributed by atoms with E-state index in [0.29, 0.717) is 12.0 Å². The number of rotatable bonds is 4.